The Morgan fingerprint density at radius 1 is 1.26 bits per heavy atom. The van der Waals surface area contributed by atoms with Crippen LogP contribution in [0, 0.1) is 5.92 Å². The van der Waals surface area contributed by atoms with E-state index in [0.717, 1.165) is 19.3 Å². The molecule has 1 atom stereocenters. The van der Waals surface area contributed by atoms with Gasteiger partial charge in [-0.1, -0.05) is 18.6 Å². The van der Waals surface area contributed by atoms with Gasteiger partial charge in [-0.2, -0.15) is 17.6 Å². The van der Waals surface area contributed by atoms with Crippen molar-refractivity contribution in [2.75, 3.05) is 0 Å². The van der Waals surface area contributed by atoms with Crippen LogP contribution >= 0.6 is 0 Å². The van der Waals surface area contributed by atoms with Crippen molar-refractivity contribution in [2.24, 2.45) is 11.7 Å². The monoisotopic (exact) mass is 277 g/mol. The lowest BCUT2D eigenvalue weighted by molar-refractivity contribution is -0.253. The molecule has 0 bridgehead atoms. The van der Waals surface area contributed by atoms with Gasteiger partial charge >= 0.3 is 12.5 Å². The third kappa shape index (κ3) is 3.18. The Kier molecular flexibility index (Phi) is 3.99. The maximum absolute atomic E-state index is 12.8. The molecule has 0 saturated heterocycles. The summed E-state index contributed by atoms with van der Waals surface area (Å²) < 4.78 is 53.7. The normalized spacial score (nSPS) is 18.2. The lowest BCUT2D eigenvalue weighted by Gasteiger charge is -2.31. The average Bonchev–Trinajstić information content (AvgIpc) is 2.26. The summed E-state index contributed by atoms with van der Waals surface area (Å²) in [5.41, 5.74) is 6.63. The van der Waals surface area contributed by atoms with Crippen molar-refractivity contribution in [1.29, 1.82) is 0 Å². The predicted molar refractivity (Wildman–Crippen MR) is 62.3 cm³/mol. The van der Waals surface area contributed by atoms with Gasteiger partial charge in [0.2, 0.25) is 0 Å². The standard InChI is InChI=1S/C13H15F4NO/c14-12(15)13(16,17)19-10-6-2-5-9(7-10)11(18)8-3-1-4-8/h2,5-8,11-12H,1,3-4,18H2/t11-/m1/s1. The first-order chi connectivity index (χ1) is 8.90. The Labute approximate surface area is 108 Å². The van der Waals surface area contributed by atoms with E-state index in [-0.39, 0.29) is 11.8 Å². The van der Waals surface area contributed by atoms with Gasteiger partial charge in [-0.3, -0.25) is 0 Å². The fraction of sp³-hybridized carbons (Fsp3) is 0.538. The quantitative estimate of drug-likeness (QED) is 0.832. The highest BCUT2D eigenvalue weighted by Gasteiger charge is 2.44. The highest BCUT2D eigenvalue weighted by atomic mass is 19.3. The van der Waals surface area contributed by atoms with Gasteiger partial charge in [-0.25, -0.2) is 0 Å². The van der Waals surface area contributed by atoms with Crippen molar-refractivity contribution in [1.82, 2.24) is 0 Å². The number of hydrogen-bond donors (Lipinski definition) is 1. The molecule has 2 nitrogen and oxygen atoms in total. The van der Waals surface area contributed by atoms with Gasteiger partial charge in [0.05, 0.1) is 0 Å². The van der Waals surface area contributed by atoms with E-state index in [1.54, 1.807) is 6.07 Å². The van der Waals surface area contributed by atoms with E-state index in [4.69, 9.17) is 5.73 Å². The number of rotatable bonds is 5. The van der Waals surface area contributed by atoms with Crippen LogP contribution in [0.1, 0.15) is 30.9 Å². The van der Waals surface area contributed by atoms with Gasteiger partial charge in [0.1, 0.15) is 5.75 Å². The first-order valence-corrected chi connectivity index (χ1v) is 6.10. The second kappa shape index (κ2) is 5.36. The number of nitrogens with two attached hydrogens (primary N) is 1. The lowest BCUT2D eigenvalue weighted by atomic mass is 9.77. The molecule has 0 amide bonds. The zero-order valence-corrected chi connectivity index (χ0v) is 10.2. The summed E-state index contributed by atoms with van der Waals surface area (Å²) in [7, 11) is 0. The van der Waals surface area contributed by atoms with Crippen molar-refractivity contribution in [3.63, 3.8) is 0 Å². The first-order valence-electron chi connectivity index (χ1n) is 6.10. The molecule has 0 heterocycles. The van der Waals surface area contributed by atoms with Crippen LogP contribution in [-0.2, 0) is 0 Å². The van der Waals surface area contributed by atoms with Crippen molar-refractivity contribution >= 4 is 0 Å². The summed E-state index contributed by atoms with van der Waals surface area (Å²) in [6, 6.07) is 5.42. The van der Waals surface area contributed by atoms with Gasteiger partial charge in [0.25, 0.3) is 0 Å². The average molecular weight is 277 g/mol. The Morgan fingerprint density at radius 3 is 2.47 bits per heavy atom. The number of benzene rings is 1. The van der Waals surface area contributed by atoms with E-state index in [2.05, 4.69) is 4.74 Å². The second-order valence-corrected chi connectivity index (χ2v) is 4.75. The van der Waals surface area contributed by atoms with E-state index in [1.165, 1.54) is 18.2 Å². The summed E-state index contributed by atoms with van der Waals surface area (Å²) in [5.74, 6) is 0.0310. The Hall–Kier alpha value is -1.30. The zero-order valence-electron chi connectivity index (χ0n) is 10.2. The topological polar surface area (TPSA) is 35.2 Å². The smallest absolute Gasteiger partial charge is 0.428 e. The van der Waals surface area contributed by atoms with Gasteiger partial charge in [0, 0.05) is 6.04 Å². The van der Waals surface area contributed by atoms with Gasteiger partial charge in [-0.05, 0) is 36.5 Å². The third-order valence-electron chi connectivity index (χ3n) is 3.41. The van der Waals surface area contributed by atoms with E-state index >= 15 is 0 Å². The molecular weight excluding hydrogens is 262 g/mol. The van der Waals surface area contributed by atoms with Gasteiger partial charge < -0.3 is 10.5 Å². The highest BCUT2D eigenvalue weighted by molar-refractivity contribution is 5.31. The zero-order chi connectivity index (χ0) is 14.0. The molecule has 1 aliphatic rings. The van der Waals surface area contributed by atoms with E-state index in [1.807, 2.05) is 0 Å². The maximum atomic E-state index is 12.8. The van der Waals surface area contributed by atoms with Crippen molar-refractivity contribution < 1.29 is 22.3 Å². The van der Waals surface area contributed by atoms with Crippen LogP contribution in [0.15, 0.2) is 24.3 Å². The largest absolute Gasteiger partial charge is 0.461 e. The minimum Gasteiger partial charge on any atom is -0.428 e. The van der Waals surface area contributed by atoms with Crippen LogP contribution in [0.3, 0.4) is 0 Å². The number of halogens is 4. The molecule has 0 radical (unpaired) electrons. The number of hydrogen-bond acceptors (Lipinski definition) is 2. The molecule has 0 aliphatic heterocycles. The van der Waals surface area contributed by atoms with Crippen LogP contribution in [0.2, 0.25) is 0 Å². The summed E-state index contributed by atoms with van der Waals surface area (Å²) in [4.78, 5) is 0. The highest BCUT2D eigenvalue weighted by Crippen LogP contribution is 2.37. The third-order valence-corrected chi connectivity index (χ3v) is 3.41. The maximum Gasteiger partial charge on any atom is 0.461 e. The molecule has 0 spiro atoms. The Balaban J connectivity index is 2.10. The van der Waals surface area contributed by atoms with Crippen molar-refractivity contribution in [3.8, 4) is 5.75 Å². The summed E-state index contributed by atoms with van der Waals surface area (Å²) in [6.45, 7) is 0. The van der Waals surface area contributed by atoms with Crippen LogP contribution < -0.4 is 10.5 Å². The molecule has 19 heavy (non-hydrogen) atoms. The fourth-order valence-corrected chi connectivity index (χ4v) is 2.06. The Morgan fingerprint density at radius 2 is 1.95 bits per heavy atom. The second-order valence-electron chi connectivity index (χ2n) is 4.75. The molecule has 2 N–H and O–H groups in total. The first kappa shape index (κ1) is 14.1. The minimum atomic E-state index is -4.49. The van der Waals surface area contributed by atoms with E-state index < -0.39 is 12.5 Å². The van der Waals surface area contributed by atoms with Crippen LogP contribution in [0.25, 0.3) is 0 Å². The summed E-state index contributed by atoms with van der Waals surface area (Å²) >= 11 is 0. The summed E-state index contributed by atoms with van der Waals surface area (Å²) in [5, 5.41) is 0. The van der Waals surface area contributed by atoms with E-state index in [0.29, 0.717) is 11.5 Å². The van der Waals surface area contributed by atoms with Crippen LogP contribution in [-0.4, -0.2) is 12.5 Å². The molecule has 106 valence electrons. The molecular formula is C13H15F4NO. The van der Waals surface area contributed by atoms with Crippen molar-refractivity contribution in [2.45, 2.75) is 37.8 Å². The van der Waals surface area contributed by atoms with Gasteiger partial charge in [0.15, 0.2) is 0 Å². The van der Waals surface area contributed by atoms with Crippen molar-refractivity contribution in [3.05, 3.63) is 29.8 Å². The van der Waals surface area contributed by atoms with Gasteiger partial charge in [-0.15, -0.1) is 0 Å². The fourth-order valence-electron chi connectivity index (χ4n) is 2.06. The van der Waals surface area contributed by atoms with E-state index in [9.17, 15) is 17.6 Å². The molecule has 0 aromatic heterocycles. The summed E-state index contributed by atoms with van der Waals surface area (Å²) in [6.07, 6.45) is -5.24. The number of alkyl halides is 4. The van der Waals surface area contributed by atoms with Crippen LogP contribution in [0.5, 0.6) is 5.75 Å². The molecule has 1 aliphatic carbocycles. The minimum absolute atomic E-state index is 0.266. The molecule has 1 fully saturated rings. The lowest BCUT2D eigenvalue weighted by Crippen LogP contribution is -2.33. The van der Waals surface area contributed by atoms with Crippen LogP contribution in [0.4, 0.5) is 17.6 Å². The predicted octanol–water partition coefficient (Wildman–Crippen LogP) is 3.72. The molecule has 1 aromatic rings. The number of ether oxygens (including phenoxy) is 1. The molecule has 1 saturated carbocycles. The molecule has 6 heteroatoms. The molecule has 2 rings (SSSR count). The SMILES string of the molecule is N[C@@H](c1cccc(OC(F)(F)C(F)F)c1)C1CCC1. The Bertz CT molecular complexity index is 434. The molecule has 0 unspecified atom stereocenters. The molecule has 1 aromatic carbocycles.